The third kappa shape index (κ3) is 3.42. The molecular weight excluding hydrogens is 362 g/mol. The van der Waals surface area contributed by atoms with Crippen molar-refractivity contribution < 1.29 is 8.42 Å². The van der Waals surface area contributed by atoms with Crippen LogP contribution in [0.4, 0.5) is 0 Å². The zero-order valence-corrected chi connectivity index (χ0v) is 14.6. The molecule has 5 heteroatoms. The minimum absolute atomic E-state index is 0.362. The summed E-state index contributed by atoms with van der Waals surface area (Å²) in [4.78, 5) is 2.58. The Bertz CT molecular complexity index is 826. The second kappa shape index (κ2) is 5.89. The number of sulfone groups is 1. The van der Waals surface area contributed by atoms with E-state index in [9.17, 15) is 8.42 Å². The first kappa shape index (κ1) is 15.3. The molecule has 0 fully saturated rings. The molecule has 0 amide bonds. The van der Waals surface area contributed by atoms with Gasteiger partial charge in [0.1, 0.15) is 0 Å². The molecule has 0 radical (unpaired) electrons. The summed E-state index contributed by atoms with van der Waals surface area (Å²) < 4.78 is 24.0. The number of hydrogen-bond acceptors (Lipinski definition) is 3. The Hall–Kier alpha value is -1.59. The highest BCUT2D eigenvalue weighted by molar-refractivity contribution is 9.10. The van der Waals surface area contributed by atoms with E-state index in [0.717, 1.165) is 23.1 Å². The average molecular weight is 378 g/mol. The summed E-state index contributed by atoms with van der Waals surface area (Å²) in [5.74, 6) is 0. The van der Waals surface area contributed by atoms with E-state index in [1.807, 2.05) is 12.1 Å². The van der Waals surface area contributed by atoms with E-state index in [1.54, 1.807) is 12.1 Å². The fourth-order valence-electron chi connectivity index (χ4n) is 2.51. The Labute approximate surface area is 139 Å². The monoisotopic (exact) mass is 377 g/mol. The Morgan fingerprint density at radius 1 is 1.14 bits per heavy atom. The van der Waals surface area contributed by atoms with E-state index < -0.39 is 9.84 Å². The average Bonchev–Trinajstić information content (AvgIpc) is 2.47. The molecule has 114 valence electrons. The Balaban J connectivity index is 1.74. The van der Waals surface area contributed by atoms with Gasteiger partial charge in [0.15, 0.2) is 9.84 Å². The summed E-state index contributed by atoms with van der Waals surface area (Å²) >= 11 is 3.49. The van der Waals surface area contributed by atoms with Crippen LogP contribution in [0.15, 0.2) is 58.0 Å². The zero-order chi connectivity index (χ0) is 15.7. The molecule has 3 rings (SSSR count). The molecule has 0 bridgehead atoms. The second-order valence-corrected chi connectivity index (χ2v) is 8.41. The predicted octanol–water partition coefficient (Wildman–Crippen LogP) is 3.84. The number of nitrogens with zero attached hydrogens (tertiary/aromatic N) is 1. The molecule has 3 nitrogen and oxygen atoms in total. The van der Waals surface area contributed by atoms with Gasteiger partial charge in [0.05, 0.1) is 4.90 Å². The molecule has 1 aliphatic rings. The molecule has 1 heterocycles. The number of benzene rings is 2. The van der Waals surface area contributed by atoms with Crippen molar-refractivity contribution in [1.82, 2.24) is 4.90 Å². The predicted molar refractivity (Wildman–Crippen MR) is 92.0 cm³/mol. The van der Waals surface area contributed by atoms with Gasteiger partial charge in [-0.2, -0.15) is 0 Å². The minimum Gasteiger partial charge on any atom is -0.369 e. The highest BCUT2D eigenvalue weighted by atomic mass is 79.9. The lowest BCUT2D eigenvalue weighted by Gasteiger charge is -2.25. The van der Waals surface area contributed by atoms with Crippen LogP contribution in [0.25, 0.3) is 6.08 Å². The molecule has 0 saturated heterocycles. The minimum atomic E-state index is -3.13. The van der Waals surface area contributed by atoms with E-state index in [4.69, 9.17) is 0 Å². The summed E-state index contributed by atoms with van der Waals surface area (Å²) in [7, 11) is -3.13. The van der Waals surface area contributed by atoms with Gasteiger partial charge in [0, 0.05) is 30.0 Å². The lowest BCUT2D eigenvalue weighted by atomic mass is 10.0. The van der Waals surface area contributed by atoms with Crippen LogP contribution in [-0.4, -0.2) is 19.6 Å². The lowest BCUT2D eigenvalue weighted by Crippen LogP contribution is -2.19. The second-order valence-electron chi connectivity index (χ2n) is 5.48. The van der Waals surface area contributed by atoms with Crippen molar-refractivity contribution in [2.24, 2.45) is 0 Å². The van der Waals surface area contributed by atoms with Gasteiger partial charge in [-0.05, 0) is 47.0 Å². The largest absolute Gasteiger partial charge is 0.369 e. The fraction of sp³-hybridized carbons (Fsp3) is 0.176. The molecule has 0 N–H and O–H groups in total. The van der Waals surface area contributed by atoms with Crippen molar-refractivity contribution in [1.29, 1.82) is 0 Å². The smallest absolute Gasteiger partial charge is 0.175 e. The van der Waals surface area contributed by atoms with Gasteiger partial charge >= 0.3 is 0 Å². The molecule has 0 spiro atoms. The number of hydrogen-bond donors (Lipinski definition) is 0. The maximum Gasteiger partial charge on any atom is 0.175 e. The van der Waals surface area contributed by atoms with Crippen LogP contribution in [0.2, 0.25) is 0 Å². The maximum atomic E-state index is 11.5. The highest BCUT2D eigenvalue weighted by Gasteiger charge is 2.12. The Kier molecular flexibility index (Phi) is 4.10. The summed E-state index contributed by atoms with van der Waals surface area (Å²) in [6.07, 6.45) is 5.41. The van der Waals surface area contributed by atoms with Crippen LogP contribution in [0.1, 0.15) is 16.7 Å². The first-order valence-corrected chi connectivity index (χ1v) is 9.60. The molecular formula is C17H16BrNO2S. The molecule has 2 aromatic carbocycles. The van der Waals surface area contributed by atoms with Crippen molar-refractivity contribution in [3.8, 4) is 0 Å². The van der Waals surface area contributed by atoms with Gasteiger partial charge in [-0.1, -0.05) is 34.1 Å². The van der Waals surface area contributed by atoms with Gasteiger partial charge in [-0.3, -0.25) is 0 Å². The Morgan fingerprint density at radius 2 is 1.86 bits per heavy atom. The van der Waals surface area contributed by atoms with Crippen LogP contribution < -0.4 is 0 Å². The standard InChI is InChI=1S/C17H16BrNO2S/c1-22(20,21)17-6-2-13(3-7-17)11-19-9-8-14-10-16(18)5-4-15(14)12-19/h2-10H,11-12H2,1H3. The van der Waals surface area contributed by atoms with E-state index in [2.05, 4.69) is 51.3 Å². The normalized spacial score (nSPS) is 14.0. The molecule has 22 heavy (non-hydrogen) atoms. The Morgan fingerprint density at radius 3 is 2.55 bits per heavy atom. The zero-order valence-electron chi connectivity index (χ0n) is 12.2. The van der Waals surface area contributed by atoms with Gasteiger partial charge in [-0.15, -0.1) is 0 Å². The molecule has 0 aromatic heterocycles. The lowest BCUT2D eigenvalue weighted by molar-refractivity contribution is 0.359. The molecule has 0 aliphatic carbocycles. The number of halogens is 1. The molecule has 1 aliphatic heterocycles. The number of rotatable bonds is 3. The summed E-state index contributed by atoms with van der Waals surface area (Å²) in [5, 5.41) is 0. The molecule has 0 saturated carbocycles. The quantitative estimate of drug-likeness (QED) is 0.815. The van der Waals surface area contributed by atoms with Gasteiger partial charge in [-0.25, -0.2) is 8.42 Å². The first-order chi connectivity index (χ1) is 10.4. The SMILES string of the molecule is CS(=O)(=O)c1ccc(CN2C=Cc3cc(Br)ccc3C2)cc1. The van der Waals surface area contributed by atoms with Crippen LogP contribution in [0, 0.1) is 0 Å². The summed E-state index contributed by atoms with van der Waals surface area (Å²) in [6.45, 7) is 1.61. The van der Waals surface area contributed by atoms with Gasteiger partial charge < -0.3 is 4.90 Å². The summed E-state index contributed by atoms with van der Waals surface area (Å²) in [5.41, 5.74) is 3.62. The first-order valence-electron chi connectivity index (χ1n) is 6.91. The van der Waals surface area contributed by atoms with E-state index >= 15 is 0 Å². The van der Waals surface area contributed by atoms with Gasteiger partial charge in [0.2, 0.25) is 0 Å². The van der Waals surface area contributed by atoms with Crippen molar-refractivity contribution >= 4 is 31.8 Å². The third-order valence-electron chi connectivity index (χ3n) is 3.68. The molecule has 0 unspecified atom stereocenters. The van der Waals surface area contributed by atoms with E-state index in [0.29, 0.717) is 4.90 Å². The van der Waals surface area contributed by atoms with E-state index in [-0.39, 0.29) is 0 Å². The maximum absolute atomic E-state index is 11.5. The molecule has 0 atom stereocenters. The van der Waals surface area contributed by atoms with Crippen molar-refractivity contribution in [3.05, 3.63) is 69.8 Å². The van der Waals surface area contributed by atoms with Crippen LogP contribution in [0.5, 0.6) is 0 Å². The van der Waals surface area contributed by atoms with Crippen molar-refractivity contribution in [2.75, 3.05) is 6.26 Å². The van der Waals surface area contributed by atoms with Crippen LogP contribution in [0.3, 0.4) is 0 Å². The van der Waals surface area contributed by atoms with Gasteiger partial charge in [0.25, 0.3) is 0 Å². The van der Waals surface area contributed by atoms with Crippen LogP contribution >= 0.6 is 15.9 Å². The van der Waals surface area contributed by atoms with E-state index in [1.165, 1.54) is 17.4 Å². The topological polar surface area (TPSA) is 37.4 Å². The fourth-order valence-corrected chi connectivity index (χ4v) is 3.52. The highest BCUT2D eigenvalue weighted by Crippen LogP contribution is 2.24. The molecule has 2 aromatic rings. The van der Waals surface area contributed by atoms with Crippen molar-refractivity contribution in [3.63, 3.8) is 0 Å². The summed E-state index contributed by atoms with van der Waals surface area (Å²) in [6, 6.07) is 13.4. The number of fused-ring (bicyclic) bond motifs is 1. The third-order valence-corrected chi connectivity index (χ3v) is 5.31. The van der Waals surface area contributed by atoms with Crippen molar-refractivity contribution in [2.45, 2.75) is 18.0 Å². The van der Waals surface area contributed by atoms with Crippen LogP contribution in [-0.2, 0) is 22.9 Å².